The van der Waals surface area contributed by atoms with Crippen LogP contribution in [0, 0.1) is 0 Å². The van der Waals surface area contributed by atoms with Crippen LogP contribution >= 0.6 is 24.0 Å². The number of pyridine rings is 1. The quantitative estimate of drug-likeness (QED) is 0.659. The lowest BCUT2D eigenvalue weighted by molar-refractivity contribution is -0.115. The zero-order valence-electron chi connectivity index (χ0n) is 12.8. The highest BCUT2D eigenvalue weighted by atomic mass is 32.2. The molecule has 1 N–H and O–H groups in total. The number of benzene rings is 1. The highest BCUT2D eigenvalue weighted by Gasteiger charge is 2.24. The molecule has 0 spiro atoms. The molecule has 2 aliphatic rings. The summed E-state index contributed by atoms with van der Waals surface area (Å²) in [5.74, 6) is 0.738. The second kappa shape index (κ2) is 6.51. The van der Waals surface area contributed by atoms with Crippen molar-refractivity contribution in [3.63, 3.8) is 0 Å². The van der Waals surface area contributed by atoms with E-state index in [2.05, 4.69) is 16.3 Å². The Hall–Kier alpha value is -1.96. The van der Waals surface area contributed by atoms with E-state index in [0.717, 1.165) is 35.4 Å². The second-order valence-corrected chi connectivity index (χ2v) is 7.26. The van der Waals surface area contributed by atoms with Crippen LogP contribution in [0.2, 0.25) is 0 Å². The van der Waals surface area contributed by atoms with Gasteiger partial charge in [0.1, 0.15) is 10.1 Å². The van der Waals surface area contributed by atoms with Gasteiger partial charge < -0.3 is 15.0 Å². The van der Waals surface area contributed by atoms with Crippen LogP contribution in [-0.2, 0) is 9.53 Å². The summed E-state index contributed by atoms with van der Waals surface area (Å²) in [6.45, 7) is 2.95. The number of nitrogens with one attached hydrogen (secondary N) is 1. The standard InChI is InChI=1S/C17H15N3O2S2/c21-16-14(24-17(23)19-16)10-12-9-11-3-1-2-4-13(11)18-15(12)20-5-7-22-8-6-20/h1-4,9-10H,5-8H2,(H,19,21,23)/b14-10+. The Bertz CT molecular complexity index is 860. The zero-order chi connectivity index (χ0) is 16.5. The van der Waals surface area contributed by atoms with Crippen LogP contribution in [0.4, 0.5) is 5.82 Å². The average Bonchev–Trinajstić information content (AvgIpc) is 2.92. The predicted molar refractivity (Wildman–Crippen MR) is 101 cm³/mol. The fourth-order valence-corrected chi connectivity index (χ4v) is 3.85. The number of carbonyl (C=O) groups excluding carboxylic acids is 1. The number of anilines is 1. The third-order valence-corrected chi connectivity index (χ3v) is 5.13. The lowest BCUT2D eigenvalue weighted by atomic mass is 10.1. The molecule has 2 aromatic rings. The Morgan fingerprint density at radius 1 is 1.29 bits per heavy atom. The van der Waals surface area contributed by atoms with Crippen molar-refractivity contribution in [1.82, 2.24) is 10.3 Å². The van der Waals surface area contributed by atoms with Gasteiger partial charge in [0.15, 0.2) is 0 Å². The fourth-order valence-electron chi connectivity index (χ4n) is 2.82. The Morgan fingerprint density at radius 3 is 2.83 bits per heavy atom. The summed E-state index contributed by atoms with van der Waals surface area (Å²) in [5.41, 5.74) is 1.87. The molecule has 24 heavy (non-hydrogen) atoms. The largest absolute Gasteiger partial charge is 0.378 e. The number of aromatic nitrogens is 1. The Balaban J connectivity index is 1.83. The molecule has 7 heteroatoms. The van der Waals surface area contributed by atoms with Crippen molar-refractivity contribution in [1.29, 1.82) is 0 Å². The SMILES string of the molecule is O=C1NC(=S)S/C1=C/c1cc2ccccc2nc1N1CCOCC1. The van der Waals surface area contributed by atoms with Gasteiger partial charge in [-0.1, -0.05) is 42.2 Å². The van der Waals surface area contributed by atoms with Gasteiger partial charge in [0, 0.05) is 24.0 Å². The van der Waals surface area contributed by atoms with Crippen molar-refractivity contribution in [2.75, 3.05) is 31.2 Å². The van der Waals surface area contributed by atoms with Gasteiger partial charge in [-0.05, 0) is 18.2 Å². The summed E-state index contributed by atoms with van der Waals surface area (Å²) in [6, 6.07) is 10.1. The summed E-state index contributed by atoms with van der Waals surface area (Å²) in [6.07, 6.45) is 1.88. The van der Waals surface area contributed by atoms with Crippen LogP contribution in [0.5, 0.6) is 0 Å². The van der Waals surface area contributed by atoms with Crippen molar-refractivity contribution in [2.45, 2.75) is 0 Å². The minimum absolute atomic E-state index is 0.147. The first-order valence-electron chi connectivity index (χ1n) is 7.68. The van der Waals surface area contributed by atoms with Crippen molar-refractivity contribution >= 4 is 57.0 Å². The molecule has 0 unspecified atom stereocenters. The summed E-state index contributed by atoms with van der Waals surface area (Å²) >= 11 is 6.36. The lowest BCUT2D eigenvalue weighted by Crippen LogP contribution is -2.37. The van der Waals surface area contributed by atoms with Crippen molar-refractivity contribution in [2.24, 2.45) is 0 Å². The number of rotatable bonds is 2. The molecule has 2 aliphatic heterocycles. The van der Waals surface area contributed by atoms with Crippen molar-refractivity contribution < 1.29 is 9.53 Å². The van der Waals surface area contributed by atoms with Crippen molar-refractivity contribution in [3.8, 4) is 0 Å². The molecule has 0 radical (unpaired) electrons. The maximum absolute atomic E-state index is 12.0. The number of para-hydroxylation sites is 1. The minimum Gasteiger partial charge on any atom is -0.378 e. The molecule has 2 fully saturated rings. The molecule has 0 aliphatic carbocycles. The molecule has 1 aromatic heterocycles. The second-order valence-electron chi connectivity index (χ2n) is 5.55. The van der Waals surface area contributed by atoms with Gasteiger partial charge in [-0.2, -0.15) is 0 Å². The third kappa shape index (κ3) is 3.02. The van der Waals surface area contributed by atoms with E-state index in [-0.39, 0.29) is 5.91 Å². The molecule has 0 bridgehead atoms. The molecule has 4 rings (SSSR count). The van der Waals surface area contributed by atoms with E-state index in [1.165, 1.54) is 11.8 Å². The average molecular weight is 357 g/mol. The van der Waals surface area contributed by atoms with Crippen molar-refractivity contribution in [3.05, 3.63) is 40.8 Å². The molecule has 122 valence electrons. The first-order valence-corrected chi connectivity index (χ1v) is 8.90. The normalized spacial score (nSPS) is 20.0. The molecule has 0 saturated carbocycles. The third-order valence-electron chi connectivity index (χ3n) is 3.97. The zero-order valence-corrected chi connectivity index (χ0v) is 14.5. The van der Waals surface area contributed by atoms with E-state index < -0.39 is 0 Å². The molecule has 0 atom stereocenters. The number of thioether (sulfide) groups is 1. The molecule has 2 saturated heterocycles. The predicted octanol–water partition coefficient (Wildman–Crippen LogP) is 2.56. The molecular weight excluding hydrogens is 342 g/mol. The summed E-state index contributed by atoms with van der Waals surface area (Å²) in [5, 5.41) is 3.70. The summed E-state index contributed by atoms with van der Waals surface area (Å²) in [4.78, 5) is 19.6. The number of fused-ring (bicyclic) bond motifs is 1. The van der Waals surface area contributed by atoms with E-state index in [1.54, 1.807) is 0 Å². The van der Waals surface area contributed by atoms with Crippen LogP contribution in [0.15, 0.2) is 35.2 Å². The maximum Gasteiger partial charge on any atom is 0.263 e. The van der Waals surface area contributed by atoms with Gasteiger partial charge in [-0.15, -0.1) is 0 Å². The molecular formula is C17H15N3O2S2. The van der Waals surface area contributed by atoms with E-state index in [0.29, 0.717) is 22.4 Å². The van der Waals surface area contributed by atoms with Gasteiger partial charge in [-0.3, -0.25) is 4.79 Å². The van der Waals surface area contributed by atoms with E-state index >= 15 is 0 Å². The number of hydrogen-bond donors (Lipinski definition) is 1. The van der Waals surface area contributed by atoms with Gasteiger partial charge in [0.25, 0.3) is 5.91 Å². The number of amides is 1. The number of nitrogens with zero attached hydrogens (tertiary/aromatic N) is 2. The number of morpholine rings is 1. The number of hydrogen-bond acceptors (Lipinski definition) is 6. The van der Waals surface area contributed by atoms with E-state index in [1.807, 2.05) is 30.3 Å². The first-order chi connectivity index (χ1) is 11.7. The van der Waals surface area contributed by atoms with E-state index in [9.17, 15) is 4.79 Å². The fraction of sp³-hybridized carbons (Fsp3) is 0.235. The number of thiocarbonyl (C=S) groups is 1. The van der Waals surface area contributed by atoms with Crippen LogP contribution in [-0.4, -0.2) is 41.5 Å². The lowest BCUT2D eigenvalue weighted by Gasteiger charge is -2.29. The molecule has 3 heterocycles. The maximum atomic E-state index is 12.0. The van der Waals surface area contributed by atoms with Gasteiger partial charge in [0.2, 0.25) is 0 Å². The van der Waals surface area contributed by atoms with Crippen LogP contribution < -0.4 is 10.2 Å². The topological polar surface area (TPSA) is 54.5 Å². The Morgan fingerprint density at radius 2 is 2.08 bits per heavy atom. The van der Waals surface area contributed by atoms with Gasteiger partial charge in [-0.25, -0.2) is 4.98 Å². The molecule has 1 amide bonds. The van der Waals surface area contributed by atoms with Crippen LogP contribution in [0.25, 0.3) is 17.0 Å². The number of carbonyl (C=O) groups is 1. The minimum atomic E-state index is -0.147. The summed E-state index contributed by atoms with van der Waals surface area (Å²) in [7, 11) is 0. The molecule has 1 aromatic carbocycles. The van der Waals surface area contributed by atoms with E-state index in [4.69, 9.17) is 21.9 Å². The van der Waals surface area contributed by atoms with Crippen LogP contribution in [0.1, 0.15) is 5.56 Å². The monoisotopic (exact) mass is 357 g/mol. The van der Waals surface area contributed by atoms with Gasteiger partial charge >= 0.3 is 0 Å². The summed E-state index contributed by atoms with van der Waals surface area (Å²) < 4.78 is 5.94. The highest BCUT2D eigenvalue weighted by molar-refractivity contribution is 8.26. The highest BCUT2D eigenvalue weighted by Crippen LogP contribution is 2.31. The first kappa shape index (κ1) is 15.6. The molecule has 5 nitrogen and oxygen atoms in total. The Kier molecular flexibility index (Phi) is 4.22. The Labute approximate surface area is 149 Å². The van der Waals surface area contributed by atoms with Crippen LogP contribution in [0.3, 0.4) is 0 Å². The van der Waals surface area contributed by atoms with Gasteiger partial charge in [0.05, 0.1) is 23.6 Å². The number of ether oxygens (including phenoxy) is 1. The smallest absolute Gasteiger partial charge is 0.263 e.